The van der Waals surface area contributed by atoms with E-state index in [-0.39, 0.29) is 16.7 Å². The second-order valence-corrected chi connectivity index (χ2v) is 5.35. The highest BCUT2D eigenvalue weighted by Crippen LogP contribution is 2.24. The molecule has 2 aromatic heterocycles. The van der Waals surface area contributed by atoms with Crippen molar-refractivity contribution in [1.82, 2.24) is 4.57 Å². The van der Waals surface area contributed by atoms with Crippen molar-refractivity contribution < 1.29 is 9.52 Å². The van der Waals surface area contributed by atoms with Crippen LogP contribution < -0.4 is 5.56 Å². The molecule has 0 aliphatic carbocycles. The molecule has 0 saturated carbocycles. The second-order valence-electron chi connectivity index (χ2n) is 5.35. The van der Waals surface area contributed by atoms with Crippen molar-refractivity contribution in [2.24, 2.45) is 0 Å². The Morgan fingerprint density at radius 1 is 1.33 bits per heavy atom. The number of aromatic hydroxyl groups is 1. The summed E-state index contributed by atoms with van der Waals surface area (Å²) in [5.74, 6) is 0.717. The van der Waals surface area contributed by atoms with E-state index in [1.54, 1.807) is 23.0 Å². The fraction of sp³-hybridized carbons (Fsp3) is 0.357. The van der Waals surface area contributed by atoms with Gasteiger partial charge in [-0.3, -0.25) is 4.79 Å². The lowest BCUT2D eigenvalue weighted by Gasteiger charge is -2.23. The molecule has 0 fully saturated rings. The molecule has 0 amide bonds. The summed E-state index contributed by atoms with van der Waals surface area (Å²) < 4.78 is 6.89. The summed E-state index contributed by atoms with van der Waals surface area (Å²) in [7, 11) is 0. The Hall–Kier alpha value is -1.97. The lowest BCUT2D eigenvalue weighted by Crippen LogP contribution is -2.29. The average molecular weight is 247 g/mol. The zero-order valence-corrected chi connectivity index (χ0v) is 10.8. The molecule has 96 valence electrons. The molecule has 0 aliphatic rings. The maximum atomic E-state index is 12.0. The molecule has 4 heteroatoms. The van der Waals surface area contributed by atoms with Gasteiger partial charge < -0.3 is 14.1 Å². The summed E-state index contributed by atoms with van der Waals surface area (Å²) >= 11 is 0. The van der Waals surface area contributed by atoms with Gasteiger partial charge in [0, 0.05) is 23.2 Å². The molecule has 0 bridgehead atoms. The predicted octanol–water partition coefficient (Wildman–Crippen LogP) is 2.49. The van der Waals surface area contributed by atoms with Crippen molar-refractivity contribution in [1.29, 1.82) is 0 Å². The van der Waals surface area contributed by atoms with Crippen molar-refractivity contribution >= 4 is 0 Å². The van der Waals surface area contributed by atoms with Crippen molar-refractivity contribution in [2.45, 2.75) is 32.7 Å². The van der Waals surface area contributed by atoms with Crippen LogP contribution in [0.2, 0.25) is 0 Å². The Bertz CT molecular complexity index is 588. The van der Waals surface area contributed by atoms with Crippen LogP contribution in [0, 0.1) is 0 Å². The predicted molar refractivity (Wildman–Crippen MR) is 68.9 cm³/mol. The van der Waals surface area contributed by atoms with Crippen LogP contribution in [0.3, 0.4) is 0 Å². The topological polar surface area (TPSA) is 55.4 Å². The minimum absolute atomic E-state index is 0.000574. The fourth-order valence-corrected chi connectivity index (χ4v) is 1.93. The van der Waals surface area contributed by atoms with E-state index in [0.717, 1.165) is 5.69 Å². The lowest BCUT2D eigenvalue weighted by atomic mass is 9.91. The Balaban J connectivity index is 2.54. The fourth-order valence-electron chi connectivity index (χ4n) is 1.93. The third kappa shape index (κ3) is 2.47. The molecule has 4 nitrogen and oxygen atoms in total. The maximum Gasteiger partial charge on any atom is 0.254 e. The summed E-state index contributed by atoms with van der Waals surface area (Å²) in [6, 6.07) is 6.46. The highest BCUT2D eigenvalue weighted by atomic mass is 16.3. The van der Waals surface area contributed by atoms with Crippen molar-refractivity contribution in [2.75, 3.05) is 0 Å². The zero-order chi connectivity index (χ0) is 13.3. The first-order valence-electron chi connectivity index (χ1n) is 5.84. The number of pyridine rings is 1. The number of hydrogen-bond donors (Lipinski definition) is 1. The Kier molecular flexibility index (Phi) is 3.03. The van der Waals surface area contributed by atoms with E-state index >= 15 is 0 Å². The van der Waals surface area contributed by atoms with Crippen molar-refractivity contribution in [3.63, 3.8) is 0 Å². The summed E-state index contributed by atoms with van der Waals surface area (Å²) in [6.45, 7) is 6.37. The summed E-state index contributed by atoms with van der Waals surface area (Å²) in [5, 5.41) is 9.57. The van der Waals surface area contributed by atoms with Crippen LogP contribution in [-0.4, -0.2) is 9.67 Å². The molecule has 0 radical (unpaired) electrons. The van der Waals surface area contributed by atoms with Crippen molar-refractivity contribution in [3.8, 4) is 5.75 Å². The smallest absolute Gasteiger partial charge is 0.254 e. The standard InChI is InChI=1S/C14H17NO3/c1-14(2,3)12-7-10(16)8-13(17)15(12)9-11-5-4-6-18-11/h4-8,16H,9H2,1-3H3. The highest BCUT2D eigenvalue weighted by Gasteiger charge is 2.20. The Morgan fingerprint density at radius 2 is 2.06 bits per heavy atom. The maximum absolute atomic E-state index is 12.0. The first-order valence-corrected chi connectivity index (χ1v) is 5.84. The van der Waals surface area contributed by atoms with Crippen molar-refractivity contribution in [3.05, 3.63) is 52.3 Å². The molecule has 1 N–H and O–H groups in total. The number of hydrogen-bond acceptors (Lipinski definition) is 3. The van der Waals surface area contributed by atoms with Gasteiger partial charge >= 0.3 is 0 Å². The van der Waals surface area contributed by atoms with E-state index in [1.165, 1.54) is 6.07 Å². The second kappa shape index (κ2) is 4.37. The molecule has 2 heterocycles. The molecular formula is C14H17NO3. The Labute approximate surface area is 105 Å². The van der Waals surface area contributed by atoms with E-state index in [4.69, 9.17) is 4.42 Å². The Morgan fingerprint density at radius 3 is 2.61 bits per heavy atom. The van der Waals surface area contributed by atoms with E-state index in [1.807, 2.05) is 26.8 Å². The van der Waals surface area contributed by atoms with Gasteiger partial charge in [-0.15, -0.1) is 0 Å². The molecule has 0 saturated heterocycles. The SMILES string of the molecule is CC(C)(C)c1cc(O)cc(=O)n1Cc1ccco1. The van der Waals surface area contributed by atoms with E-state index in [2.05, 4.69) is 0 Å². The van der Waals surface area contributed by atoms with Gasteiger partial charge in [-0.25, -0.2) is 0 Å². The van der Waals surface area contributed by atoms with Gasteiger partial charge in [-0.05, 0) is 12.1 Å². The van der Waals surface area contributed by atoms with Crippen LogP contribution >= 0.6 is 0 Å². The zero-order valence-electron chi connectivity index (χ0n) is 10.8. The van der Waals surface area contributed by atoms with Gasteiger partial charge in [0.1, 0.15) is 11.5 Å². The van der Waals surface area contributed by atoms with Crippen LogP contribution in [-0.2, 0) is 12.0 Å². The molecule has 0 spiro atoms. The van der Waals surface area contributed by atoms with Crippen LogP contribution in [0.25, 0.3) is 0 Å². The minimum Gasteiger partial charge on any atom is -0.508 e. The first kappa shape index (κ1) is 12.5. The molecule has 2 aromatic rings. The van der Waals surface area contributed by atoms with Gasteiger partial charge in [0.15, 0.2) is 0 Å². The summed E-state index contributed by atoms with van der Waals surface area (Å²) in [5.41, 5.74) is 0.324. The molecule has 0 aromatic carbocycles. The van der Waals surface area contributed by atoms with E-state index in [0.29, 0.717) is 12.3 Å². The van der Waals surface area contributed by atoms with Gasteiger partial charge in [-0.1, -0.05) is 20.8 Å². The molecule has 0 unspecified atom stereocenters. The number of aromatic nitrogens is 1. The molecule has 0 atom stereocenters. The first-order chi connectivity index (χ1) is 8.38. The van der Waals surface area contributed by atoms with Gasteiger partial charge in [-0.2, -0.15) is 0 Å². The molecule has 2 rings (SSSR count). The largest absolute Gasteiger partial charge is 0.508 e. The van der Waals surface area contributed by atoms with Crippen LogP contribution in [0.4, 0.5) is 0 Å². The van der Waals surface area contributed by atoms with Crippen LogP contribution in [0.1, 0.15) is 32.2 Å². The quantitative estimate of drug-likeness (QED) is 0.887. The summed E-state index contributed by atoms with van der Waals surface area (Å²) in [6.07, 6.45) is 1.58. The number of rotatable bonds is 2. The number of nitrogens with zero attached hydrogens (tertiary/aromatic N) is 1. The minimum atomic E-state index is -0.232. The molecular weight excluding hydrogens is 230 g/mol. The monoisotopic (exact) mass is 247 g/mol. The van der Waals surface area contributed by atoms with Crippen LogP contribution in [0.15, 0.2) is 39.7 Å². The van der Waals surface area contributed by atoms with Gasteiger partial charge in [0.05, 0.1) is 12.8 Å². The normalized spacial score (nSPS) is 11.7. The third-order valence-corrected chi connectivity index (χ3v) is 2.78. The summed E-state index contributed by atoms with van der Waals surface area (Å²) in [4.78, 5) is 12.0. The third-order valence-electron chi connectivity index (χ3n) is 2.78. The van der Waals surface area contributed by atoms with Crippen LogP contribution in [0.5, 0.6) is 5.75 Å². The average Bonchev–Trinajstić information content (AvgIpc) is 2.72. The molecule has 18 heavy (non-hydrogen) atoms. The molecule has 0 aliphatic heterocycles. The van der Waals surface area contributed by atoms with Gasteiger partial charge in [0.25, 0.3) is 5.56 Å². The van der Waals surface area contributed by atoms with Gasteiger partial charge in [0.2, 0.25) is 0 Å². The lowest BCUT2D eigenvalue weighted by molar-refractivity contribution is 0.440. The van der Waals surface area contributed by atoms with E-state index < -0.39 is 0 Å². The van der Waals surface area contributed by atoms with E-state index in [9.17, 15) is 9.90 Å². The number of furan rings is 1. The highest BCUT2D eigenvalue weighted by molar-refractivity contribution is 5.27.